The van der Waals surface area contributed by atoms with Crippen LogP contribution in [0.5, 0.6) is 17.2 Å². The molecule has 0 bridgehead atoms. The molecule has 6 nitrogen and oxygen atoms in total. The fourth-order valence-electron chi connectivity index (χ4n) is 4.73. The molecule has 3 aliphatic rings. The monoisotopic (exact) mass is 362 g/mol. The zero-order chi connectivity index (χ0) is 17.9. The summed E-state index contributed by atoms with van der Waals surface area (Å²) in [6.07, 6.45) is 6.21. The van der Waals surface area contributed by atoms with Gasteiger partial charge in [0.2, 0.25) is 12.5 Å². The quantitative estimate of drug-likeness (QED) is 0.838. The van der Waals surface area contributed by atoms with Gasteiger partial charge in [-0.05, 0) is 37.0 Å². The molecule has 0 unspecified atom stereocenters. The molecule has 1 aliphatic carbocycles. The Morgan fingerprint density at radius 3 is 2.81 bits per heavy atom. The van der Waals surface area contributed by atoms with Crippen LogP contribution in [0.4, 0.5) is 0 Å². The molecule has 0 spiro atoms. The molecule has 1 atom stereocenters. The minimum absolute atomic E-state index is 0.258. The summed E-state index contributed by atoms with van der Waals surface area (Å²) in [5.74, 6) is 2.22. The van der Waals surface area contributed by atoms with Crippen LogP contribution in [0.15, 0.2) is 12.1 Å². The van der Waals surface area contributed by atoms with Gasteiger partial charge in [-0.15, -0.1) is 0 Å². The molecule has 2 fully saturated rings. The van der Waals surface area contributed by atoms with Crippen LogP contribution in [-0.2, 0) is 6.54 Å². The lowest BCUT2D eigenvalue weighted by Crippen LogP contribution is -2.55. The Labute approximate surface area is 155 Å². The maximum absolute atomic E-state index is 9.54. The molecule has 1 aromatic rings. The number of nitrogens with zero attached hydrogens (tertiary/aromatic N) is 2. The van der Waals surface area contributed by atoms with Crippen molar-refractivity contribution in [2.24, 2.45) is 0 Å². The van der Waals surface area contributed by atoms with E-state index < -0.39 is 0 Å². The SMILES string of the molecule is COc1cc(CN2CCN(C3CCCC3)[C@@H](CCO)C2)cc2c1OCO2. The van der Waals surface area contributed by atoms with E-state index in [2.05, 4.69) is 21.9 Å². The first-order valence-corrected chi connectivity index (χ1v) is 9.84. The third kappa shape index (κ3) is 3.63. The number of piperazine rings is 1. The normalized spacial score (nSPS) is 24.3. The molecule has 2 heterocycles. The van der Waals surface area contributed by atoms with E-state index in [9.17, 15) is 5.11 Å². The van der Waals surface area contributed by atoms with Crippen LogP contribution in [0.2, 0.25) is 0 Å². The third-order valence-electron chi connectivity index (χ3n) is 5.99. The largest absolute Gasteiger partial charge is 0.493 e. The van der Waals surface area contributed by atoms with Crippen molar-refractivity contribution >= 4 is 0 Å². The number of hydrogen-bond donors (Lipinski definition) is 1. The van der Waals surface area contributed by atoms with Gasteiger partial charge in [-0.25, -0.2) is 0 Å². The molecule has 2 aliphatic heterocycles. The van der Waals surface area contributed by atoms with Gasteiger partial charge in [0.25, 0.3) is 0 Å². The molecule has 144 valence electrons. The minimum Gasteiger partial charge on any atom is -0.493 e. The van der Waals surface area contributed by atoms with Crippen LogP contribution in [0.3, 0.4) is 0 Å². The van der Waals surface area contributed by atoms with Crippen LogP contribution in [0.1, 0.15) is 37.7 Å². The van der Waals surface area contributed by atoms with Gasteiger partial charge >= 0.3 is 0 Å². The Kier molecular flexibility index (Phi) is 5.52. The molecular weight excluding hydrogens is 332 g/mol. The Bertz CT molecular complexity index is 618. The third-order valence-corrected chi connectivity index (χ3v) is 5.99. The maximum atomic E-state index is 9.54. The molecule has 0 radical (unpaired) electrons. The van der Waals surface area contributed by atoms with Crippen molar-refractivity contribution in [3.8, 4) is 17.2 Å². The van der Waals surface area contributed by atoms with Crippen LogP contribution in [-0.4, -0.2) is 67.1 Å². The molecule has 1 aromatic carbocycles. The molecule has 1 saturated heterocycles. The van der Waals surface area contributed by atoms with E-state index in [-0.39, 0.29) is 13.4 Å². The molecule has 1 N–H and O–H groups in total. The maximum Gasteiger partial charge on any atom is 0.231 e. The van der Waals surface area contributed by atoms with Crippen molar-refractivity contribution in [3.05, 3.63) is 17.7 Å². The summed E-state index contributed by atoms with van der Waals surface area (Å²) < 4.78 is 16.5. The van der Waals surface area contributed by atoms with E-state index in [1.165, 1.54) is 31.2 Å². The first-order chi connectivity index (χ1) is 12.8. The van der Waals surface area contributed by atoms with Crippen molar-refractivity contribution in [2.75, 3.05) is 40.1 Å². The highest BCUT2D eigenvalue weighted by Gasteiger charge is 2.33. The van der Waals surface area contributed by atoms with Crippen molar-refractivity contribution in [1.29, 1.82) is 0 Å². The minimum atomic E-state index is 0.258. The summed E-state index contributed by atoms with van der Waals surface area (Å²) in [6, 6.07) is 5.29. The van der Waals surface area contributed by atoms with Gasteiger partial charge in [0.15, 0.2) is 11.5 Å². The highest BCUT2D eigenvalue weighted by Crippen LogP contribution is 2.42. The van der Waals surface area contributed by atoms with Gasteiger partial charge in [-0.2, -0.15) is 0 Å². The Morgan fingerprint density at radius 2 is 2.04 bits per heavy atom. The van der Waals surface area contributed by atoms with E-state index in [1.807, 2.05) is 0 Å². The highest BCUT2D eigenvalue weighted by molar-refractivity contribution is 5.55. The number of fused-ring (bicyclic) bond motifs is 1. The second kappa shape index (κ2) is 8.03. The van der Waals surface area contributed by atoms with Gasteiger partial charge in [0, 0.05) is 44.9 Å². The number of aliphatic hydroxyl groups excluding tert-OH is 1. The molecule has 0 aromatic heterocycles. The van der Waals surface area contributed by atoms with Gasteiger partial charge in [0.05, 0.1) is 7.11 Å². The van der Waals surface area contributed by atoms with Gasteiger partial charge in [-0.3, -0.25) is 9.80 Å². The fourth-order valence-corrected chi connectivity index (χ4v) is 4.73. The molecule has 0 amide bonds. The second-order valence-corrected chi connectivity index (χ2v) is 7.61. The Morgan fingerprint density at radius 1 is 1.19 bits per heavy atom. The number of hydrogen-bond acceptors (Lipinski definition) is 6. The number of rotatable bonds is 6. The van der Waals surface area contributed by atoms with E-state index in [4.69, 9.17) is 14.2 Å². The number of aliphatic hydroxyl groups is 1. The van der Waals surface area contributed by atoms with Gasteiger partial charge < -0.3 is 19.3 Å². The van der Waals surface area contributed by atoms with Crippen molar-refractivity contribution < 1.29 is 19.3 Å². The fraction of sp³-hybridized carbons (Fsp3) is 0.700. The van der Waals surface area contributed by atoms with Crippen molar-refractivity contribution in [1.82, 2.24) is 9.80 Å². The summed E-state index contributed by atoms with van der Waals surface area (Å²) in [7, 11) is 1.67. The van der Waals surface area contributed by atoms with Gasteiger partial charge in [0.1, 0.15) is 0 Å². The molecule has 6 heteroatoms. The molecule has 1 saturated carbocycles. The number of ether oxygens (including phenoxy) is 3. The first kappa shape index (κ1) is 17.9. The first-order valence-electron chi connectivity index (χ1n) is 9.84. The smallest absolute Gasteiger partial charge is 0.231 e. The van der Waals surface area contributed by atoms with E-state index in [0.29, 0.717) is 11.8 Å². The van der Waals surface area contributed by atoms with Crippen LogP contribution >= 0.6 is 0 Å². The Hall–Kier alpha value is -1.50. The van der Waals surface area contributed by atoms with Crippen LogP contribution < -0.4 is 14.2 Å². The topological polar surface area (TPSA) is 54.4 Å². The molecule has 26 heavy (non-hydrogen) atoms. The predicted molar refractivity (Wildman–Crippen MR) is 98.8 cm³/mol. The van der Waals surface area contributed by atoms with Gasteiger partial charge in [-0.1, -0.05) is 12.8 Å². The summed E-state index contributed by atoms with van der Waals surface area (Å²) in [6.45, 7) is 4.56. The van der Waals surface area contributed by atoms with E-state index in [1.54, 1.807) is 7.11 Å². The number of methoxy groups -OCH3 is 1. The van der Waals surface area contributed by atoms with E-state index >= 15 is 0 Å². The second-order valence-electron chi connectivity index (χ2n) is 7.61. The van der Waals surface area contributed by atoms with Crippen molar-refractivity contribution in [3.63, 3.8) is 0 Å². The Balaban J connectivity index is 1.44. The summed E-state index contributed by atoms with van der Waals surface area (Å²) in [4.78, 5) is 5.16. The highest BCUT2D eigenvalue weighted by atomic mass is 16.7. The molecular formula is C20H30N2O4. The average Bonchev–Trinajstić information content (AvgIpc) is 3.33. The lowest BCUT2D eigenvalue weighted by atomic mass is 10.0. The van der Waals surface area contributed by atoms with Crippen LogP contribution in [0.25, 0.3) is 0 Å². The summed E-state index contributed by atoms with van der Waals surface area (Å²) in [5.41, 5.74) is 1.18. The number of benzene rings is 1. The lowest BCUT2D eigenvalue weighted by molar-refractivity contribution is 0.0267. The summed E-state index contributed by atoms with van der Waals surface area (Å²) in [5, 5.41) is 9.54. The zero-order valence-electron chi connectivity index (χ0n) is 15.7. The lowest BCUT2D eigenvalue weighted by Gasteiger charge is -2.44. The summed E-state index contributed by atoms with van der Waals surface area (Å²) >= 11 is 0. The zero-order valence-corrected chi connectivity index (χ0v) is 15.7. The standard InChI is InChI=1S/C20H30N2O4/c1-24-18-10-15(11-19-20(18)26-14-25-19)12-21-7-8-22(16-4-2-3-5-16)17(13-21)6-9-23/h10-11,16-17,23H,2-9,12-14H2,1H3/t17-/m0/s1. The van der Waals surface area contributed by atoms with Crippen LogP contribution in [0, 0.1) is 0 Å². The predicted octanol–water partition coefficient (Wildman–Crippen LogP) is 2.24. The van der Waals surface area contributed by atoms with E-state index in [0.717, 1.165) is 50.1 Å². The molecule has 4 rings (SSSR count). The van der Waals surface area contributed by atoms with Crippen molar-refractivity contribution in [2.45, 2.75) is 50.7 Å². The average molecular weight is 362 g/mol.